The van der Waals surface area contributed by atoms with E-state index in [0.29, 0.717) is 12.3 Å². The number of rotatable bonds is 2. The molecule has 1 atom stereocenters. The van der Waals surface area contributed by atoms with Gasteiger partial charge in [-0.2, -0.15) is 0 Å². The van der Waals surface area contributed by atoms with E-state index in [1.807, 2.05) is 0 Å². The van der Waals surface area contributed by atoms with E-state index in [9.17, 15) is 4.79 Å². The van der Waals surface area contributed by atoms with Crippen LogP contribution in [-0.4, -0.2) is 5.91 Å². The SMILES string of the molecule is Cc1c(C(N)C2CCCCC2)cc2c(c1C)NC(=O)CC2. The van der Waals surface area contributed by atoms with Gasteiger partial charge < -0.3 is 11.1 Å². The number of benzene rings is 1. The first kappa shape index (κ1) is 14.6. The van der Waals surface area contributed by atoms with Crippen molar-refractivity contribution < 1.29 is 4.79 Å². The maximum absolute atomic E-state index is 11.6. The maximum Gasteiger partial charge on any atom is 0.224 e. The number of nitrogens with two attached hydrogens (primary N) is 1. The molecule has 3 N–H and O–H groups in total. The molecule has 0 saturated heterocycles. The predicted molar refractivity (Wildman–Crippen MR) is 86.4 cm³/mol. The van der Waals surface area contributed by atoms with Crippen LogP contribution in [0, 0.1) is 19.8 Å². The highest BCUT2D eigenvalue weighted by Crippen LogP contribution is 2.38. The first-order chi connectivity index (χ1) is 10.1. The molecule has 0 aromatic heterocycles. The zero-order chi connectivity index (χ0) is 15.0. The summed E-state index contributed by atoms with van der Waals surface area (Å²) < 4.78 is 0. The van der Waals surface area contributed by atoms with E-state index in [1.54, 1.807) is 0 Å². The Morgan fingerprint density at radius 2 is 1.86 bits per heavy atom. The fourth-order valence-electron chi connectivity index (χ4n) is 3.93. The Hall–Kier alpha value is -1.35. The van der Waals surface area contributed by atoms with Crippen LogP contribution in [0.1, 0.15) is 66.8 Å². The van der Waals surface area contributed by atoms with Crippen LogP contribution in [0.15, 0.2) is 6.07 Å². The molecule has 21 heavy (non-hydrogen) atoms. The summed E-state index contributed by atoms with van der Waals surface area (Å²) in [6.07, 6.45) is 7.94. The first-order valence-electron chi connectivity index (χ1n) is 8.26. The van der Waals surface area contributed by atoms with Crippen LogP contribution in [0.3, 0.4) is 0 Å². The summed E-state index contributed by atoms with van der Waals surface area (Å²) in [5.74, 6) is 0.752. The van der Waals surface area contributed by atoms with Gasteiger partial charge in [0.05, 0.1) is 0 Å². The molecule has 1 unspecified atom stereocenters. The van der Waals surface area contributed by atoms with Crippen molar-refractivity contribution in [2.24, 2.45) is 11.7 Å². The second-order valence-corrected chi connectivity index (χ2v) is 6.72. The summed E-state index contributed by atoms with van der Waals surface area (Å²) in [6, 6.07) is 2.41. The Balaban J connectivity index is 1.95. The Labute approximate surface area is 127 Å². The minimum absolute atomic E-state index is 0.134. The highest BCUT2D eigenvalue weighted by atomic mass is 16.1. The Morgan fingerprint density at radius 1 is 1.14 bits per heavy atom. The Kier molecular flexibility index (Phi) is 4.03. The van der Waals surface area contributed by atoms with Gasteiger partial charge in [0.2, 0.25) is 5.91 Å². The second-order valence-electron chi connectivity index (χ2n) is 6.72. The number of hydrogen-bond acceptors (Lipinski definition) is 2. The van der Waals surface area contributed by atoms with E-state index in [0.717, 1.165) is 12.1 Å². The van der Waals surface area contributed by atoms with Crippen molar-refractivity contribution in [3.05, 3.63) is 28.3 Å². The average molecular weight is 286 g/mol. The van der Waals surface area contributed by atoms with Crippen molar-refractivity contribution in [1.82, 2.24) is 0 Å². The summed E-state index contributed by atoms with van der Waals surface area (Å²) >= 11 is 0. The molecular weight excluding hydrogens is 260 g/mol. The molecule has 1 aromatic carbocycles. The number of nitrogens with one attached hydrogen (secondary N) is 1. The highest BCUT2D eigenvalue weighted by Gasteiger charge is 2.26. The van der Waals surface area contributed by atoms with Gasteiger partial charge in [0.15, 0.2) is 0 Å². The van der Waals surface area contributed by atoms with E-state index in [2.05, 4.69) is 25.2 Å². The highest BCUT2D eigenvalue weighted by molar-refractivity contribution is 5.95. The number of fused-ring (bicyclic) bond motifs is 1. The number of hydrogen-bond donors (Lipinski definition) is 2. The number of aryl methyl sites for hydroxylation is 1. The summed E-state index contributed by atoms with van der Waals surface area (Å²) in [5, 5.41) is 3.03. The molecule has 1 saturated carbocycles. The quantitative estimate of drug-likeness (QED) is 0.869. The number of amides is 1. The molecule has 0 radical (unpaired) electrons. The molecule has 114 valence electrons. The molecule has 1 heterocycles. The molecule has 3 rings (SSSR count). The van der Waals surface area contributed by atoms with Gasteiger partial charge in [-0.05, 0) is 61.3 Å². The first-order valence-corrected chi connectivity index (χ1v) is 8.26. The van der Waals surface area contributed by atoms with Crippen LogP contribution in [0.2, 0.25) is 0 Å². The second kappa shape index (κ2) is 5.80. The monoisotopic (exact) mass is 286 g/mol. The zero-order valence-corrected chi connectivity index (χ0v) is 13.2. The van der Waals surface area contributed by atoms with E-state index >= 15 is 0 Å². The van der Waals surface area contributed by atoms with Crippen molar-refractivity contribution >= 4 is 11.6 Å². The molecule has 1 amide bonds. The number of carbonyl (C=O) groups is 1. The summed E-state index contributed by atoms with van der Waals surface area (Å²) in [7, 11) is 0. The standard InChI is InChI=1S/C18H26N2O/c1-11-12(2)18-14(8-9-16(21)20-18)10-15(11)17(19)13-6-4-3-5-7-13/h10,13,17H,3-9,19H2,1-2H3,(H,20,21). The van der Waals surface area contributed by atoms with Gasteiger partial charge in [-0.15, -0.1) is 0 Å². The topological polar surface area (TPSA) is 55.1 Å². The lowest BCUT2D eigenvalue weighted by Crippen LogP contribution is -2.26. The predicted octanol–water partition coefficient (Wildman–Crippen LogP) is 3.77. The normalized spacial score (nSPS) is 20.8. The summed E-state index contributed by atoms with van der Waals surface area (Å²) in [6.45, 7) is 4.26. The molecular formula is C18H26N2O. The van der Waals surface area contributed by atoms with Gasteiger partial charge in [0, 0.05) is 18.2 Å². The van der Waals surface area contributed by atoms with Gasteiger partial charge in [0.1, 0.15) is 0 Å². The van der Waals surface area contributed by atoms with Crippen LogP contribution in [0.4, 0.5) is 5.69 Å². The van der Waals surface area contributed by atoms with Crippen LogP contribution < -0.4 is 11.1 Å². The van der Waals surface area contributed by atoms with Gasteiger partial charge in [-0.25, -0.2) is 0 Å². The van der Waals surface area contributed by atoms with Crippen LogP contribution in [0.5, 0.6) is 0 Å². The molecule has 3 heteroatoms. The third-order valence-corrected chi connectivity index (χ3v) is 5.42. The fourth-order valence-corrected chi connectivity index (χ4v) is 3.93. The third-order valence-electron chi connectivity index (χ3n) is 5.42. The van der Waals surface area contributed by atoms with Crippen LogP contribution in [0.25, 0.3) is 0 Å². The lowest BCUT2D eigenvalue weighted by atomic mass is 9.79. The molecule has 0 bridgehead atoms. The molecule has 2 aliphatic rings. The summed E-state index contributed by atoms with van der Waals surface area (Å²) in [4.78, 5) is 11.6. The van der Waals surface area contributed by atoms with Crippen molar-refractivity contribution in [2.45, 2.75) is 64.8 Å². The van der Waals surface area contributed by atoms with Crippen molar-refractivity contribution in [3.8, 4) is 0 Å². The number of carbonyl (C=O) groups excluding carboxylic acids is 1. The Morgan fingerprint density at radius 3 is 2.57 bits per heavy atom. The van der Waals surface area contributed by atoms with Crippen molar-refractivity contribution in [3.63, 3.8) is 0 Å². The molecule has 3 nitrogen and oxygen atoms in total. The van der Waals surface area contributed by atoms with E-state index in [4.69, 9.17) is 5.73 Å². The largest absolute Gasteiger partial charge is 0.326 e. The average Bonchev–Trinajstić information content (AvgIpc) is 2.51. The van der Waals surface area contributed by atoms with Crippen molar-refractivity contribution in [2.75, 3.05) is 5.32 Å². The van der Waals surface area contributed by atoms with E-state index in [-0.39, 0.29) is 11.9 Å². The van der Waals surface area contributed by atoms with Gasteiger partial charge in [-0.1, -0.05) is 25.3 Å². The lowest BCUT2D eigenvalue weighted by Gasteiger charge is -2.31. The van der Waals surface area contributed by atoms with E-state index in [1.165, 1.54) is 54.4 Å². The fraction of sp³-hybridized carbons (Fsp3) is 0.611. The molecule has 1 aliphatic heterocycles. The maximum atomic E-state index is 11.6. The molecule has 1 aromatic rings. The van der Waals surface area contributed by atoms with E-state index < -0.39 is 0 Å². The summed E-state index contributed by atoms with van der Waals surface area (Å²) in [5.41, 5.74) is 12.7. The van der Waals surface area contributed by atoms with Crippen LogP contribution >= 0.6 is 0 Å². The Bertz CT molecular complexity index is 559. The minimum Gasteiger partial charge on any atom is -0.326 e. The lowest BCUT2D eigenvalue weighted by molar-refractivity contribution is -0.116. The van der Waals surface area contributed by atoms with Crippen molar-refractivity contribution in [1.29, 1.82) is 0 Å². The molecule has 1 fully saturated rings. The van der Waals surface area contributed by atoms with Crippen LogP contribution in [-0.2, 0) is 11.2 Å². The smallest absolute Gasteiger partial charge is 0.224 e. The van der Waals surface area contributed by atoms with Gasteiger partial charge in [0.25, 0.3) is 0 Å². The molecule has 1 aliphatic carbocycles. The minimum atomic E-state index is 0.134. The van der Waals surface area contributed by atoms with Gasteiger partial charge in [-0.3, -0.25) is 4.79 Å². The molecule has 0 spiro atoms. The zero-order valence-electron chi connectivity index (χ0n) is 13.2. The number of anilines is 1. The van der Waals surface area contributed by atoms with Gasteiger partial charge >= 0.3 is 0 Å². The third kappa shape index (κ3) is 2.71.